The van der Waals surface area contributed by atoms with Crippen LogP contribution in [0.5, 0.6) is 0 Å². The molecule has 3 aromatic rings. The molecule has 0 aliphatic carbocycles. The van der Waals surface area contributed by atoms with E-state index in [4.69, 9.17) is 5.73 Å². The number of pyridine rings is 1. The summed E-state index contributed by atoms with van der Waals surface area (Å²) in [5, 5.41) is 3.09. The third kappa shape index (κ3) is 3.55. The molecule has 0 bridgehead atoms. The summed E-state index contributed by atoms with van der Waals surface area (Å²) >= 11 is 0. The molecule has 0 saturated heterocycles. The average molecular weight is 321 g/mol. The Morgan fingerprint density at radius 3 is 2.42 bits per heavy atom. The maximum Gasteiger partial charge on any atom is 0.288 e. The van der Waals surface area contributed by atoms with Gasteiger partial charge in [-0.1, -0.05) is 24.3 Å². The van der Waals surface area contributed by atoms with Crippen LogP contribution in [0.25, 0.3) is 0 Å². The van der Waals surface area contributed by atoms with Gasteiger partial charge in [0, 0.05) is 11.9 Å². The van der Waals surface area contributed by atoms with Crippen LogP contribution in [0.15, 0.2) is 61.1 Å². The zero-order chi connectivity index (χ0) is 16.8. The SMILES string of the molecule is Nc1c(NNC(=O)c2ccccn2)ncnc1Nc1ccccc1. The third-order valence-corrected chi connectivity index (χ3v) is 3.11. The van der Waals surface area contributed by atoms with Crippen LogP contribution < -0.4 is 21.9 Å². The molecule has 3 rings (SSSR count). The van der Waals surface area contributed by atoms with Gasteiger partial charge in [0.25, 0.3) is 5.91 Å². The van der Waals surface area contributed by atoms with Gasteiger partial charge in [-0.05, 0) is 24.3 Å². The molecule has 1 aromatic carbocycles. The Labute approximate surface area is 138 Å². The number of nitrogens with two attached hydrogens (primary N) is 1. The van der Waals surface area contributed by atoms with Gasteiger partial charge in [-0.15, -0.1) is 0 Å². The van der Waals surface area contributed by atoms with E-state index in [0.717, 1.165) is 5.69 Å². The van der Waals surface area contributed by atoms with E-state index >= 15 is 0 Å². The number of benzene rings is 1. The monoisotopic (exact) mass is 321 g/mol. The zero-order valence-corrected chi connectivity index (χ0v) is 12.6. The van der Waals surface area contributed by atoms with E-state index in [0.29, 0.717) is 5.82 Å². The minimum atomic E-state index is -0.397. The molecule has 8 heteroatoms. The largest absolute Gasteiger partial charge is 0.393 e. The molecule has 2 heterocycles. The highest BCUT2D eigenvalue weighted by Gasteiger charge is 2.10. The number of rotatable bonds is 5. The number of para-hydroxylation sites is 1. The van der Waals surface area contributed by atoms with E-state index in [1.807, 2.05) is 30.3 Å². The Balaban J connectivity index is 1.70. The van der Waals surface area contributed by atoms with Crippen LogP contribution in [0.2, 0.25) is 0 Å². The highest BCUT2D eigenvalue weighted by molar-refractivity contribution is 5.93. The van der Waals surface area contributed by atoms with Gasteiger partial charge in [-0.25, -0.2) is 9.97 Å². The second-order valence-corrected chi connectivity index (χ2v) is 4.77. The number of hydrogen-bond acceptors (Lipinski definition) is 7. The first-order valence-corrected chi connectivity index (χ1v) is 7.14. The lowest BCUT2D eigenvalue weighted by atomic mass is 10.3. The maximum atomic E-state index is 12.0. The number of aromatic nitrogens is 3. The van der Waals surface area contributed by atoms with Gasteiger partial charge in [0.05, 0.1) is 0 Å². The number of nitrogens with zero attached hydrogens (tertiary/aromatic N) is 3. The molecule has 0 saturated carbocycles. The first kappa shape index (κ1) is 15.2. The summed E-state index contributed by atoms with van der Waals surface area (Å²) in [4.78, 5) is 24.1. The smallest absolute Gasteiger partial charge is 0.288 e. The lowest BCUT2D eigenvalue weighted by Crippen LogP contribution is -2.31. The highest BCUT2D eigenvalue weighted by atomic mass is 16.2. The van der Waals surface area contributed by atoms with Crippen LogP contribution >= 0.6 is 0 Å². The van der Waals surface area contributed by atoms with E-state index in [2.05, 4.69) is 31.1 Å². The van der Waals surface area contributed by atoms with E-state index in [-0.39, 0.29) is 17.2 Å². The standard InChI is InChI=1S/C16H15N7O/c17-13-14(21-11-6-2-1-3-7-11)19-10-20-15(13)22-23-16(24)12-8-4-5-9-18-12/h1-10H,17H2,(H,23,24)(H2,19,20,21,22). The maximum absolute atomic E-state index is 12.0. The van der Waals surface area contributed by atoms with Crippen LogP contribution in [-0.2, 0) is 0 Å². The minimum absolute atomic E-state index is 0.278. The fraction of sp³-hybridized carbons (Fsp3) is 0. The molecule has 24 heavy (non-hydrogen) atoms. The van der Waals surface area contributed by atoms with Gasteiger partial charge in [0.15, 0.2) is 11.6 Å². The van der Waals surface area contributed by atoms with Gasteiger partial charge >= 0.3 is 0 Å². The molecule has 1 amide bonds. The molecule has 0 aliphatic heterocycles. The summed E-state index contributed by atoms with van der Waals surface area (Å²) in [5.74, 6) is 0.324. The van der Waals surface area contributed by atoms with Crippen molar-refractivity contribution < 1.29 is 4.79 Å². The number of nitrogens with one attached hydrogen (secondary N) is 3. The van der Waals surface area contributed by atoms with Crippen LogP contribution in [0, 0.1) is 0 Å². The molecule has 0 unspecified atom stereocenters. The van der Waals surface area contributed by atoms with Crippen molar-refractivity contribution in [3.05, 3.63) is 66.7 Å². The number of amides is 1. The summed E-state index contributed by atoms with van der Waals surface area (Å²) in [5.41, 5.74) is 12.6. The second-order valence-electron chi connectivity index (χ2n) is 4.77. The normalized spacial score (nSPS) is 10.0. The van der Waals surface area contributed by atoms with Crippen molar-refractivity contribution in [2.45, 2.75) is 0 Å². The van der Waals surface area contributed by atoms with E-state index in [1.54, 1.807) is 18.2 Å². The minimum Gasteiger partial charge on any atom is -0.393 e. The average Bonchev–Trinajstić information content (AvgIpc) is 2.64. The Hall–Kier alpha value is -3.68. The Kier molecular flexibility index (Phi) is 4.47. The Morgan fingerprint density at radius 1 is 0.917 bits per heavy atom. The van der Waals surface area contributed by atoms with Gasteiger partial charge in [-0.2, -0.15) is 0 Å². The molecule has 0 fully saturated rings. The van der Waals surface area contributed by atoms with Crippen LogP contribution in [0.3, 0.4) is 0 Å². The van der Waals surface area contributed by atoms with E-state index < -0.39 is 5.91 Å². The predicted molar refractivity (Wildman–Crippen MR) is 91.5 cm³/mol. The fourth-order valence-corrected chi connectivity index (χ4v) is 1.93. The van der Waals surface area contributed by atoms with E-state index in [1.165, 1.54) is 12.5 Å². The van der Waals surface area contributed by atoms with Crippen molar-refractivity contribution in [3.8, 4) is 0 Å². The van der Waals surface area contributed by atoms with Crippen molar-refractivity contribution in [2.24, 2.45) is 0 Å². The molecular formula is C16H15N7O. The molecule has 0 aliphatic rings. The number of hydrogen-bond donors (Lipinski definition) is 4. The van der Waals surface area contributed by atoms with Gasteiger partial charge < -0.3 is 11.1 Å². The van der Waals surface area contributed by atoms with Gasteiger partial charge in [0.1, 0.15) is 17.7 Å². The number of carbonyl (C=O) groups is 1. The van der Waals surface area contributed by atoms with Crippen molar-refractivity contribution in [2.75, 3.05) is 16.5 Å². The van der Waals surface area contributed by atoms with Crippen LogP contribution in [-0.4, -0.2) is 20.9 Å². The summed E-state index contributed by atoms with van der Waals surface area (Å²) in [6.07, 6.45) is 2.88. The summed E-state index contributed by atoms with van der Waals surface area (Å²) < 4.78 is 0. The molecular weight excluding hydrogens is 306 g/mol. The summed E-state index contributed by atoms with van der Waals surface area (Å²) in [7, 11) is 0. The number of anilines is 4. The van der Waals surface area contributed by atoms with Gasteiger partial charge in [-0.3, -0.25) is 20.6 Å². The number of nitrogen functional groups attached to an aromatic ring is 1. The molecule has 0 atom stereocenters. The molecule has 0 radical (unpaired) electrons. The van der Waals surface area contributed by atoms with Crippen molar-refractivity contribution >= 4 is 28.9 Å². The first-order chi connectivity index (χ1) is 11.7. The van der Waals surface area contributed by atoms with Crippen molar-refractivity contribution in [1.29, 1.82) is 0 Å². The van der Waals surface area contributed by atoms with Crippen LogP contribution in [0.1, 0.15) is 10.5 Å². The quantitative estimate of drug-likeness (QED) is 0.530. The third-order valence-electron chi connectivity index (χ3n) is 3.11. The van der Waals surface area contributed by atoms with Crippen LogP contribution in [0.4, 0.5) is 23.0 Å². The lowest BCUT2D eigenvalue weighted by Gasteiger charge is -2.13. The number of hydrazine groups is 1. The van der Waals surface area contributed by atoms with Crippen molar-refractivity contribution in [1.82, 2.24) is 20.4 Å². The van der Waals surface area contributed by atoms with Gasteiger partial charge in [0.2, 0.25) is 0 Å². The van der Waals surface area contributed by atoms with E-state index in [9.17, 15) is 4.79 Å². The number of carbonyl (C=O) groups excluding carboxylic acids is 1. The summed E-state index contributed by atoms with van der Waals surface area (Å²) in [6.45, 7) is 0. The molecule has 8 nitrogen and oxygen atoms in total. The topological polar surface area (TPSA) is 118 Å². The highest BCUT2D eigenvalue weighted by Crippen LogP contribution is 2.24. The Bertz CT molecular complexity index is 824. The fourth-order valence-electron chi connectivity index (χ4n) is 1.93. The lowest BCUT2D eigenvalue weighted by molar-refractivity contribution is 0.0957. The van der Waals surface area contributed by atoms with Crippen molar-refractivity contribution in [3.63, 3.8) is 0 Å². The Morgan fingerprint density at radius 2 is 1.67 bits per heavy atom. The molecule has 5 N–H and O–H groups in total. The second kappa shape index (κ2) is 7.05. The molecule has 2 aromatic heterocycles. The zero-order valence-electron chi connectivity index (χ0n) is 12.6. The molecule has 120 valence electrons. The molecule has 0 spiro atoms. The predicted octanol–water partition coefficient (Wildman–Crippen LogP) is 1.95. The summed E-state index contributed by atoms with van der Waals surface area (Å²) in [6, 6.07) is 14.5. The first-order valence-electron chi connectivity index (χ1n) is 7.14.